The van der Waals surface area contributed by atoms with Crippen LogP contribution in [0.2, 0.25) is 0 Å². The van der Waals surface area contributed by atoms with Gasteiger partial charge in [0.25, 0.3) is 0 Å². The molecule has 0 saturated heterocycles. The molecule has 0 fully saturated rings. The van der Waals surface area contributed by atoms with E-state index in [9.17, 15) is 0 Å². The third-order valence-electron chi connectivity index (χ3n) is 2.06. The van der Waals surface area contributed by atoms with Crippen LogP contribution in [-0.2, 0) is 0 Å². The van der Waals surface area contributed by atoms with E-state index in [0.717, 1.165) is 24.9 Å². The number of nitrogens with two attached hydrogens (primary N) is 1. The minimum Gasteiger partial charge on any atom is -0.370 e. The monoisotopic (exact) mass is 343 g/mol. The first-order valence-corrected chi connectivity index (χ1v) is 5.38. The van der Waals surface area contributed by atoms with Crippen LogP contribution in [0.25, 0.3) is 0 Å². The summed E-state index contributed by atoms with van der Waals surface area (Å²) in [6.45, 7) is 0.716. The molecule has 1 aromatic rings. The number of benzene rings is 1. The Morgan fingerprint density at radius 2 is 2.00 bits per heavy atom. The Hall–Kier alpha value is -1.22. The molecular formula is C13H18IN3. The van der Waals surface area contributed by atoms with Crippen molar-refractivity contribution in [2.24, 2.45) is 10.7 Å². The minimum absolute atomic E-state index is 0. The second-order valence-corrected chi connectivity index (χ2v) is 3.42. The molecule has 0 bridgehead atoms. The Morgan fingerprint density at radius 1 is 1.29 bits per heavy atom. The lowest BCUT2D eigenvalue weighted by Gasteiger charge is -2.04. The zero-order valence-electron chi connectivity index (χ0n) is 9.73. The third-order valence-corrected chi connectivity index (χ3v) is 2.06. The van der Waals surface area contributed by atoms with Crippen LogP contribution in [0.1, 0.15) is 19.3 Å². The summed E-state index contributed by atoms with van der Waals surface area (Å²) in [4.78, 5) is 4.21. The lowest BCUT2D eigenvalue weighted by atomic mass is 10.2. The van der Waals surface area contributed by atoms with E-state index in [1.165, 1.54) is 0 Å². The lowest BCUT2D eigenvalue weighted by Crippen LogP contribution is -2.22. The van der Waals surface area contributed by atoms with Crippen LogP contribution in [-0.4, -0.2) is 12.5 Å². The molecule has 4 heteroatoms. The number of nitrogens with one attached hydrogen (secondary N) is 1. The average molecular weight is 343 g/mol. The maximum Gasteiger partial charge on any atom is 0.193 e. The van der Waals surface area contributed by atoms with E-state index in [4.69, 9.17) is 12.2 Å². The second kappa shape index (κ2) is 9.97. The van der Waals surface area contributed by atoms with E-state index in [0.29, 0.717) is 12.5 Å². The van der Waals surface area contributed by atoms with Crippen LogP contribution in [0.5, 0.6) is 0 Å². The van der Waals surface area contributed by atoms with Gasteiger partial charge in [0.15, 0.2) is 5.96 Å². The fourth-order valence-corrected chi connectivity index (χ4v) is 1.25. The summed E-state index contributed by atoms with van der Waals surface area (Å²) in [6, 6.07) is 9.74. The SMILES string of the molecule is C#CCCCCN=C(N)Nc1ccccc1.I. The van der Waals surface area contributed by atoms with Crippen molar-refractivity contribution in [3.63, 3.8) is 0 Å². The van der Waals surface area contributed by atoms with Gasteiger partial charge in [-0.3, -0.25) is 4.99 Å². The smallest absolute Gasteiger partial charge is 0.193 e. The van der Waals surface area contributed by atoms with E-state index in [1.807, 2.05) is 30.3 Å². The molecule has 3 nitrogen and oxygen atoms in total. The Morgan fingerprint density at radius 3 is 2.65 bits per heavy atom. The van der Waals surface area contributed by atoms with Crippen LogP contribution in [0.3, 0.4) is 0 Å². The van der Waals surface area contributed by atoms with E-state index in [2.05, 4.69) is 16.2 Å². The number of rotatable bonds is 5. The molecule has 0 aromatic heterocycles. The van der Waals surface area contributed by atoms with Gasteiger partial charge in [-0.25, -0.2) is 0 Å². The first kappa shape index (κ1) is 15.8. The summed E-state index contributed by atoms with van der Waals surface area (Å²) < 4.78 is 0. The normalized spacial score (nSPS) is 10.2. The highest BCUT2D eigenvalue weighted by atomic mass is 127. The Kier molecular flexibility index (Phi) is 9.25. The lowest BCUT2D eigenvalue weighted by molar-refractivity contribution is 0.768. The number of anilines is 1. The fourth-order valence-electron chi connectivity index (χ4n) is 1.25. The van der Waals surface area contributed by atoms with Gasteiger partial charge in [0.1, 0.15) is 0 Å². The highest BCUT2D eigenvalue weighted by Crippen LogP contribution is 2.03. The quantitative estimate of drug-likeness (QED) is 0.284. The number of terminal acetylenes is 1. The maximum atomic E-state index is 5.72. The van der Waals surface area contributed by atoms with Crippen LogP contribution in [0.15, 0.2) is 35.3 Å². The molecule has 1 rings (SSSR count). The molecule has 0 atom stereocenters. The Labute approximate surface area is 120 Å². The van der Waals surface area contributed by atoms with Gasteiger partial charge >= 0.3 is 0 Å². The summed E-state index contributed by atoms with van der Waals surface area (Å²) in [5, 5.41) is 3.02. The molecule has 1 aromatic carbocycles. The molecule has 0 amide bonds. The molecule has 0 aliphatic heterocycles. The number of hydrogen-bond donors (Lipinski definition) is 2. The number of guanidine groups is 1. The minimum atomic E-state index is 0. The highest BCUT2D eigenvalue weighted by molar-refractivity contribution is 14.0. The summed E-state index contributed by atoms with van der Waals surface area (Å²) in [5.74, 6) is 3.05. The predicted molar refractivity (Wildman–Crippen MR) is 84.7 cm³/mol. The van der Waals surface area contributed by atoms with Gasteiger partial charge in [-0.1, -0.05) is 18.2 Å². The van der Waals surface area contributed by atoms with Crippen LogP contribution in [0.4, 0.5) is 5.69 Å². The van der Waals surface area contributed by atoms with Gasteiger partial charge in [0.05, 0.1) is 0 Å². The molecule has 0 aliphatic rings. The van der Waals surface area contributed by atoms with E-state index < -0.39 is 0 Å². The van der Waals surface area contributed by atoms with Crippen molar-refractivity contribution >= 4 is 35.6 Å². The van der Waals surface area contributed by atoms with Gasteiger partial charge < -0.3 is 11.1 Å². The zero-order chi connectivity index (χ0) is 11.6. The first-order valence-electron chi connectivity index (χ1n) is 5.38. The number of aliphatic imine (C=N–C) groups is 1. The average Bonchev–Trinajstić information content (AvgIpc) is 2.30. The Bertz CT molecular complexity index is 368. The van der Waals surface area contributed by atoms with Crippen molar-refractivity contribution in [2.75, 3.05) is 11.9 Å². The standard InChI is InChI=1S/C13H17N3.HI/c1-2-3-4-8-11-15-13(14)16-12-9-6-5-7-10-12;/h1,5-7,9-10H,3-4,8,11H2,(H3,14,15,16);1H. The third kappa shape index (κ3) is 7.64. The summed E-state index contributed by atoms with van der Waals surface area (Å²) >= 11 is 0. The van der Waals surface area contributed by atoms with Gasteiger partial charge in [-0.05, 0) is 25.0 Å². The van der Waals surface area contributed by atoms with Gasteiger partial charge in [-0.15, -0.1) is 36.3 Å². The molecular weight excluding hydrogens is 325 g/mol. The van der Waals surface area contributed by atoms with Crippen LogP contribution >= 0.6 is 24.0 Å². The summed E-state index contributed by atoms with van der Waals surface area (Å²) in [7, 11) is 0. The fraction of sp³-hybridized carbons (Fsp3) is 0.308. The van der Waals surface area contributed by atoms with Crippen molar-refractivity contribution in [1.29, 1.82) is 0 Å². The van der Waals surface area contributed by atoms with Gasteiger partial charge in [0.2, 0.25) is 0 Å². The van der Waals surface area contributed by atoms with Crippen molar-refractivity contribution in [3.8, 4) is 12.3 Å². The zero-order valence-corrected chi connectivity index (χ0v) is 12.1. The van der Waals surface area contributed by atoms with E-state index in [1.54, 1.807) is 0 Å². The maximum absolute atomic E-state index is 5.72. The van der Waals surface area contributed by atoms with Crippen LogP contribution in [0, 0.1) is 12.3 Å². The topological polar surface area (TPSA) is 50.4 Å². The molecule has 92 valence electrons. The van der Waals surface area contributed by atoms with Crippen molar-refractivity contribution < 1.29 is 0 Å². The molecule has 0 radical (unpaired) electrons. The number of hydrogen-bond acceptors (Lipinski definition) is 1. The molecule has 0 aliphatic carbocycles. The van der Waals surface area contributed by atoms with Gasteiger partial charge in [-0.2, -0.15) is 0 Å². The molecule has 0 spiro atoms. The molecule has 0 heterocycles. The predicted octanol–water partition coefficient (Wildman–Crippen LogP) is 2.83. The van der Waals surface area contributed by atoms with E-state index in [-0.39, 0.29) is 24.0 Å². The molecule has 0 saturated carbocycles. The van der Waals surface area contributed by atoms with Gasteiger partial charge in [0, 0.05) is 18.7 Å². The molecule has 17 heavy (non-hydrogen) atoms. The van der Waals surface area contributed by atoms with Crippen molar-refractivity contribution in [1.82, 2.24) is 0 Å². The molecule has 3 N–H and O–H groups in total. The number of para-hydroxylation sites is 1. The second-order valence-electron chi connectivity index (χ2n) is 3.42. The first-order chi connectivity index (χ1) is 7.83. The molecule has 0 unspecified atom stereocenters. The number of nitrogens with zero attached hydrogens (tertiary/aromatic N) is 1. The Balaban J connectivity index is 0.00000256. The van der Waals surface area contributed by atoms with Crippen molar-refractivity contribution in [3.05, 3.63) is 30.3 Å². The van der Waals surface area contributed by atoms with Crippen LogP contribution < -0.4 is 11.1 Å². The van der Waals surface area contributed by atoms with E-state index >= 15 is 0 Å². The summed E-state index contributed by atoms with van der Waals surface area (Å²) in [5.41, 5.74) is 6.67. The largest absolute Gasteiger partial charge is 0.370 e. The van der Waals surface area contributed by atoms with Crippen molar-refractivity contribution in [2.45, 2.75) is 19.3 Å². The number of halogens is 1. The highest BCUT2D eigenvalue weighted by Gasteiger charge is 1.92. The number of unbranched alkanes of at least 4 members (excludes halogenated alkanes) is 2. The summed E-state index contributed by atoms with van der Waals surface area (Å²) in [6.07, 6.45) is 7.93.